The van der Waals surface area contributed by atoms with E-state index in [4.69, 9.17) is 0 Å². The zero-order valence-electron chi connectivity index (χ0n) is 19.0. The lowest BCUT2D eigenvalue weighted by atomic mass is 9.49. The largest absolute Gasteiger partial charge is 0.354 e. The molecule has 5 aliphatic rings. The van der Waals surface area contributed by atoms with Gasteiger partial charge in [-0.25, -0.2) is 0 Å². The van der Waals surface area contributed by atoms with Gasteiger partial charge in [-0.05, 0) is 93.1 Å². The molecule has 1 atom stereocenters. The number of nitrogens with zero attached hydrogens (tertiary/aromatic N) is 2. The van der Waals surface area contributed by atoms with Gasteiger partial charge in [0.2, 0.25) is 11.8 Å². The summed E-state index contributed by atoms with van der Waals surface area (Å²) < 4.78 is 2.25. The van der Waals surface area contributed by atoms with Crippen LogP contribution < -0.4 is 5.32 Å². The van der Waals surface area contributed by atoms with Gasteiger partial charge in [0.25, 0.3) is 0 Å². The smallest absolute Gasteiger partial charge is 0.242 e. The third kappa shape index (κ3) is 3.45. The molecule has 1 aliphatic heterocycles. The Kier molecular flexibility index (Phi) is 5.03. The van der Waals surface area contributed by atoms with Crippen LogP contribution in [0, 0.1) is 23.2 Å². The average molecular weight is 434 g/mol. The maximum absolute atomic E-state index is 13.8. The number of rotatable bonds is 6. The molecule has 4 saturated carbocycles. The topological polar surface area (TPSA) is 54.3 Å². The minimum Gasteiger partial charge on any atom is -0.354 e. The van der Waals surface area contributed by atoms with E-state index < -0.39 is 0 Å². The Morgan fingerprint density at radius 2 is 1.72 bits per heavy atom. The lowest BCUT2D eigenvalue weighted by molar-refractivity contribution is -0.160. The summed E-state index contributed by atoms with van der Waals surface area (Å²) in [7, 11) is 0. The molecule has 2 heterocycles. The highest BCUT2D eigenvalue weighted by atomic mass is 16.2. The molecule has 170 valence electrons. The Bertz CT molecular complexity index is 990. The summed E-state index contributed by atoms with van der Waals surface area (Å²) in [5, 5.41) is 4.40. The number of amides is 2. The summed E-state index contributed by atoms with van der Waals surface area (Å²) in [5.74, 6) is 2.63. The van der Waals surface area contributed by atoms with Crippen molar-refractivity contribution in [3.05, 3.63) is 36.5 Å². The molecule has 2 aromatic rings. The van der Waals surface area contributed by atoms with Gasteiger partial charge in [0.15, 0.2) is 0 Å². The van der Waals surface area contributed by atoms with E-state index in [0.29, 0.717) is 12.5 Å². The van der Waals surface area contributed by atoms with Crippen molar-refractivity contribution in [3.8, 4) is 0 Å². The molecule has 4 bridgehead atoms. The number of likely N-dealkylation sites (tertiary alicyclic amines) is 1. The summed E-state index contributed by atoms with van der Waals surface area (Å²) in [5.41, 5.74) is 1.09. The number of benzene rings is 1. The van der Waals surface area contributed by atoms with E-state index in [9.17, 15) is 9.59 Å². The molecule has 0 radical (unpaired) electrons. The summed E-state index contributed by atoms with van der Waals surface area (Å²) in [6.07, 6.45) is 12.0. The van der Waals surface area contributed by atoms with Gasteiger partial charge in [-0.3, -0.25) is 9.59 Å². The third-order valence-electron chi connectivity index (χ3n) is 8.86. The van der Waals surface area contributed by atoms with Gasteiger partial charge in [-0.15, -0.1) is 0 Å². The molecule has 5 heteroatoms. The van der Waals surface area contributed by atoms with Crippen LogP contribution in [0.3, 0.4) is 0 Å². The second kappa shape index (κ2) is 7.93. The van der Waals surface area contributed by atoms with Gasteiger partial charge in [0.1, 0.15) is 6.04 Å². The van der Waals surface area contributed by atoms with Gasteiger partial charge < -0.3 is 14.8 Å². The van der Waals surface area contributed by atoms with Crippen molar-refractivity contribution in [2.45, 2.75) is 70.4 Å². The number of aryl methyl sites for hydroxylation is 1. The van der Waals surface area contributed by atoms with Gasteiger partial charge in [0, 0.05) is 31.3 Å². The molecule has 0 spiro atoms. The molecule has 32 heavy (non-hydrogen) atoms. The monoisotopic (exact) mass is 433 g/mol. The Morgan fingerprint density at radius 1 is 1.00 bits per heavy atom. The van der Waals surface area contributed by atoms with Crippen LogP contribution in [0.2, 0.25) is 0 Å². The second-order valence-electron chi connectivity index (χ2n) is 11.1. The predicted molar refractivity (Wildman–Crippen MR) is 125 cm³/mol. The quantitative estimate of drug-likeness (QED) is 0.689. The highest BCUT2D eigenvalue weighted by Gasteiger charge is 2.56. The fourth-order valence-electron chi connectivity index (χ4n) is 7.87. The standard InChI is InChI=1S/C27H35N3O2/c31-25(28-9-4-10-29-12-8-22-5-1-2-6-23(22)29)24-7-3-11-30(24)26(32)27-16-19-13-20(17-27)15-21(14-19)18-27/h1-2,5-6,8,12,19-21,24H,3-4,7,9-11,13-18H2,(H,28,31). The molecule has 5 nitrogen and oxygen atoms in total. The first-order valence-corrected chi connectivity index (χ1v) is 12.7. The van der Waals surface area contributed by atoms with E-state index in [0.717, 1.165) is 69.4 Å². The van der Waals surface area contributed by atoms with Crippen molar-refractivity contribution in [2.75, 3.05) is 13.1 Å². The highest BCUT2D eigenvalue weighted by molar-refractivity contribution is 5.91. The van der Waals surface area contributed by atoms with Crippen molar-refractivity contribution in [2.24, 2.45) is 23.2 Å². The van der Waals surface area contributed by atoms with Crippen molar-refractivity contribution in [1.29, 1.82) is 0 Å². The summed E-state index contributed by atoms with van der Waals surface area (Å²) >= 11 is 0. The first-order chi connectivity index (χ1) is 15.6. The molecule has 4 aliphatic carbocycles. The minimum absolute atomic E-state index is 0.0537. The first kappa shape index (κ1) is 20.3. The lowest BCUT2D eigenvalue weighted by Crippen LogP contribution is -2.57. The van der Waals surface area contributed by atoms with Crippen LogP contribution in [0.1, 0.15) is 57.8 Å². The fraction of sp³-hybridized carbons (Fsp3) is 0.630. The highest BCUT2D eigenvalue weighted by Crippen LogP contribution is 2.60. The van der Waals surface area contributed by atoms with Crippen LogP contribution in [0.4, 0.5) is 0 Å². The third-order valence-corrected chi connectivity index (χ3v) is 8.86. The summed E-state index contributed by atoms with van der Waals surface area (Å²) in [6.45, 7) is 2.30. The fourth-order valence-corrected chi connectivity index (χ4v) is 7.87. The molecule has 7 rings (SSSR count). The number of nitrogens with one attached hydrogen (secondary N) is 1. The van der Waals surface area contributed by atoms with Crippen LogP contribution in [-0.2, 0) is 16.1 Å². The average Bonchev–Trinajstić information content (AvgIpc) is 3.43. The summed E-state index contributed by atoms with van der Waals surface area (Å²) in [4.78, 5) is 28.8. The molecule has 1 aromatic heterocycles. The van der Waals surface area contributed by atoms with Crippen LogP contribution in [0.5, 0.6) is 0 Å². The Hall–Kier alpha value is -2.30. The molecular formula is C27H35N3O2. The molecule has 1 saturated heterocycles. The number of carbonyl (C=O) groups excluding carboxylic acids is 2. The predicted octanol–water partition coefficient (Wildman–Crippen LogP) is 4.36. The molecule has 1 aromatic carbocycles. The van der Waals surface area contributed by atoms with E-state index in [1.165, 1.54) is 30.2 Å². The number of hydrogen-bond acceptors (Lipinski definition) is 2. The van der Waals surface area contributed by atoms with Crippen LogP contribution >= 0.6 is 0 Å². The lowest BCUT2D eigenvalue weighted by Gasteiger charge is -2.56. The van der Waals surface area contributed by atoms with Gasteiger partial charge in [0.05, 0.1) is 5.41 Å². The number of hydrogen-bond donors (Lipinski definition) is 1. The SMILES string of the molecule is O=C(NCCCn1ccc2ccccc21)C1CCCN1C(=O)C12CC3CC(CC(C3)C1)C2. The number of aromatic nitrogens is 1. The Morgan fingerprint density at radius 3 is 2.47 bits per heavy atom. The molecule has 2 amide bonds. The second-order valence-corrected chi connectivity index (χ2v) is 11.1. The van der Waals surface area contributed by atoms with E-state index in [1.54, 1.807) is 0 Å². The number of carbonyl (C=O) groups is 2. The van der Waals surface area contributed by atoms with E-state index in [1.807, 2.05) is 4.90 Å². The van der Waals surface area contributed by atoms with E-state index in [-0.39, 0.29) is 17.4 Å². The molecule has 1 unspecified atom stereocenters. The van der Waals surface area contributed by atoms with Gasteiger partial charge in [-0.1, -0.05) is 18.2 Å². The van der Waals surface area contributed by atoms with Crippen LogP contribution in [0.15, 0.2) is 36.5 Å². The van der Waals surface area contributed by atoms with Gasteiger partial charge in [-0.2, -0.15) is 0 Å². The first-order valence-electron chi connectivity index (χ1n) is 12.7. The van der Waals surface area contributed by atoms with Crippen molar-refractivity contribution < 1.29 is 9.59 Å². The number of fused-ring (bicyclic) bond motifs is 1. The minimum atomic E-state index is -0.261. The maximum atomic E-state index is 13.8. The maximum Gasteiger partial charge on any atom is 0.242 e. The van der Waals surface area contributed by atoms with Crippen molar-refractivity contribution in [1.82, 2.24) is 14.8 Å². The molecule has 1 N–H and O–H groups in total. The zero-order valence-corrected chi connectivity index (χ0v) is 19.0. The van der Waals surface area contributed by atoms with E-state index >= 15 is 0 Å². The molecular weight excluding hydrogens is 398 g/mol. The van der Waals surface area contributed by atoms with Crippen molar-refractivity contribution >= 4 is 22.7 Å². The summed E-state index contributed by atoms with van der Waals surface area (Å²) in [6, 6.07) is 10.3. The van der Waals surface area contributed by atoms with E-state index in [2.05, 4.69) is 46.4 Å². The zero-order chi connectivity index (χ0) is 21.7. The Labute approximate surface area is 190 Å². The van der Waals surface area contributed by atoms with Crippen LogP contribution in [0.25, 0.3) is 10.9 Å². The van der Waals surface area contributed by atoms with Gasteiger partial charge >= 0.3 is 0 Å². The molecule has 5 fully saturated rings. The van der Waals surface area contributed by atoms with Crippen LogP contribution in [-0.4, -0.2) is 40.4 Å². The van der Waals surface area contributed by atoms with Crippen molar-refractivity contribution in [3.63, 3.8) is 0 Å². The normalized spacial score (nSPS) is 33.2. The Balaban J connectivity index is 1.06. The number of para-hydroxylation sites is 1.